The molecule has 0 bridgehead atoms. The molecule has 2 aliphatic rings. The van der Waals surface area contributed by atoms with E-state index < -0.39 is 17.8 Å². The normalized spacial score (nSPS) is 21.5. The lowest BCUT2D eigenvalue weighted by Gasteiger charge is -2.44. The molecule has 1 amide bonds. The Balaban J connectivity index is 1.53. The summed E-state index contributed by atoms with van der Waals surface area (Å²) < 4.78 is 22.7. The van der Waals surface area contributed by atoms with Gasteiger partial charge in [0.25, 0.3) is 5.91 Å². The average Bonchev–Trinajstić information content (AvgIpc) is 3.34. The van der Waals surface area contributed by atoms with Crippen LogP contribution in [0.3, 0.4) is 0 Å². The van der Waals surface area contributed by atoms with Crippen LogP contribution in [-0.2, 0) is 19.0 Å². The summed E-state index contributed by atoms with van der Waals surface area (Å²) in [4.78, 5) is 29.2. The van der Waals surface area contributed by atoms with Crippen molar-refractivity contribution in [2.24, 2.45) is 5.92 Å². The van der Waals surface area contributed by atoms with Crippen LogP contribution in [0.4, 0.5) is 0 Å². The summed E-state index contributed by atoms with van der Waals surface area (Å²) in [6.07, 6.45) is 2.72. The molecule has 2 fully saturated rings. The number of benzene rings is 3. The lowest BCUT2D eigenvalue weighted by molar-refractivity contribution is -0.406. The number of likely N-dealkylation sites (tertiary alicyclic amines) is 1. The SMILES string of the molecule is CCCC1(C[C@H]2C[C@@H](C(=O)OC)N(C(=O)c3ccc(-c4ccccc4OC)cc3)[C@H]2c2ccccc2C)OCO1. The Kier molecular flexibility index (Phi) is 8.24. The van der Waals surface area contributed by atoms with Gasteiger partial charge in [-0.15, -0.1) is 0 Å². The Morgan fingerprint density at radius 2 is 1.68 bits per heavy atom. The molecule has 0 N–H and O–H groups in total. The van der Waals surface area contributed by atoms with Crippen molar-refractivity contribution in [2.75, 3.05) is 21.0 Å². The maximum atomic E-state index is 14.3. The number of carbonyl (C=O) groups is 2. The zero-order chi connectivity index (χ0) is 28.3. The summed E-state index contributed by atoms with van der Waals surface area (Å²) in [5.74, 6) is -0.612. The number of nitrogens with zero attached hydrogens (tertiary/aromatic N) is 1. The molecule has 0 unspecified atom stereocenters. The molecule has 3 aromatic carbocycles. The largest absolute Gasteiger partial charge is 0.496 e. The van der Waals surface area contributed by atoms with Crippen molar-refractivity contribution in [1.29, 1.82) is 0 Å². The van der Waals surface area contributed by atoms with Gasteiger partial charge >= 0.3 is 5.97 Å². The summed E-state index contributed by atoms with van der Waals surface area (Å²) in [5.41, 5.74) is 4.47. The van der Waals surface area contributed by atoms with Gasteiger partial charge in [-0.25, -0.2) is 4.79 Å². The highest BCUT2D eigenvalue weighted by atomic mass is 16.9. The first-order valence-corrected chi connectivity index (χ1v) is 13.9. The van der Waals surface area contributed by atoms with Crippen molar-refractivity contribution in [1.82, 2.24) is 4.90 Å². The first kappa shape index (κ1) is 27.9. The summed E-state index contributed by atoms with van der Waals surface area (Å²) in [6, 6.07) is 22.2. The van der Waals surface area contributed by atoms with E-state index in [-0.39, 0.29) is 24.7 Å². The third-order valence-corrected chi connectivity index (χ3v) is 8.22. The van der Waals surface area contributed by atoms with E-state index in [0.717, 1.165) is 40.8 Å². The quantitative estimate of drug-likeness (QED) is 0.295. The fraction of sp³-hybridized carbons (Fsp3) is 0.394. The lowest BCUT2D eigenvalue weighted by Crippen LogP contribution is -2.48. The van der Waals surface area contributed by atoms with E-state index in [1.165, 1.54) is 7.11 Å². The summed E-state index contributed by atoms with van der Waals surface area (Å²) in [7, 11) is 3.02. The van der Waals surface area contributed by atoms with Gasteiger partial charge in [0.15, 0.2) is 12.6 Å². The van der Waals surface area contributed by atoms with Crippen molar-refractivity contribution in [2.45, 2.75) is 57.4 Å². The monoisotopic (exact) mass is 543 g/mol. The van der Waals surface area contributed by atoms with Gasteiger partial charge in [0.1, 0.15) is 11.8 Å². The van der Waals surface area contributed by atoms with E-state index in [2.05, 4.69) is 6.92 Å². The molecule has 0 aromatic heterocycles. The van der Waals surface area contributed by atoms with Gasteiger partial charge in [-0.2, -0.15) is 0 Å². The van der Waals surface area contributed by atoms with Gasteiger partial charge in [-0.1, -0.05) is 67.9 Å². The minimum atomic E-state index is -0.722. The highest BCUT2D eigenvalue weighted by molar-refractivity contribution is 5.98. The van der Waals surface area contributed by atoms with E-state index in [9.17, 15) is 9.59 Å². The van der Waals surface area contributed by atoms with Crippen LogP contribution in [0, 0.1) is 12.8 Å². The first-order valence-electron chi connectivity index (χ1n) is 13.9. The predicted molar refractivity (Wildman–Crippen MR) is 152 cm³/mol. The zero-order valence-electron chi connectivity index (χ0n) is 23.6. The lowest BCUT2D eigenvalue weighted by atomic mass is 9.84. The van der Waals surface area contributed by atoms with E-state index in [4.69, 9.17) is 18.9 Å². The molecule has 0 radical (unpaired) electrons. The summed E-state index contributed by atoms with van der Waals surface area (Å²) in [5, 5.41) is 0. The van der Waals surface area contributed by atoms with E-state index >= 15 is 0 Å². The molecular formula is C33H37NO6. The van der Waals surface area contributed by atoms with E-state index in [0.29, 0.717) is 18.4 Å². The molecule has 5 rings (SSSR count). The molecule has 7 nitrogen and oxygen atoms in total. The molecule has 0 spiro atoms. The Morgan fingerprint density at radius 1 is 0.975 bits per heavy atom. The molecule has 2 aliphatic heterocycles. The predicted octanol–water partition coefficient (Wildman–Crippen LogP) is 6.31. The number of ether oxygens (including phenoxy) is 4. The van der Waals surface area contributed by atoms with Crippen molar-refractivity contribution in [3.63, 3.8) is 0 Å². The fourth-order valence-corrected chi connectivity index (χ4v) is 6.28. The molecule has 210 valence electrons. The van der Waals surface area contributed by atoms with Crippen molar-refractivity contribution in [3.8, 4) is 16.9 Å². The molecule has 7 heteroatoms. The number of para-hydroxylation sites is 1. The number of aryl methyl sites for hydroxylation is 1. The Morgan fingerprint density at radius 3 is 2.30 bits per heavy atom. The van der Waals surface area contributed by atoms with Crippen LogP contribution in [0.25, 0.3) is 11.1 Å². The second-order valence-corrected chi connectivity index (χ2v) is 10.6. The third-order valence-electron chi connectivity index (χ3n) is 8.22. The Hall–Kier alpha value is -3.68. The topological polar surface area (TPSA) is 74.3 Å². The van der Waals surface area contributed by atoms with Gasteiger partial charge < -0.3 is 23.8 Å². The number of methoxy groups -OCH3 is 2. The molecule has 3 aromatic rings. The van der Waals surface area contributed by atoms with Gasteiger partial charge in [-0.3, -0.25) is 4.79 Å². The molecular weight excluding hydrogens is 506 g/mol. The number of amides is 1. The second kappa shape index (κ2) is 11.8. The van der Waals surface area contributed by atoms with Gasteiger partial charge in [-0.05, 0) is 54.2 Å². The van der Waals surface area contributed by atoms with Gasteiger partial charge in [0.05, 0.1) is 20.3 Å². The van der Waals surface area contributed by atoms with Crippen LogP contribution in [0.2, 0.25) is 0 Å². The highest BCUT2D eigenvalue weighted by Crippen LogP contribution is 2.49. The second-order valence-electron chi connectivity index (χ2n) is 10.6. The van der Waals surface area contributed by atoms with Crippen LogP contribution in [0.15, 0.2) is 72.8 Å². The standard InChI is InChI=1S/C33H37NO6/c1-5-18-33(39-21-40-33)20-25-19-28(32(36)38-4)34(30(25)26-11-7-6-10-22(26)2)31(35)24-16-14-23(15-17-24)27-12-8-9-13-29(27)37-3/h6-17,25,28,30H,5,18-21H2,1-4H3/t25-,28+,30-/m1/s1. The van der Waals surface area contributed by atoms with E-state index in [1.54, 1.807) is 12.0 Å². The molecule has 0 aliphatic carbocycles. The van der Waals surface area contributed by atoms with Crippen LogP contribution in [0.1, 0.15) is 60.1 Å². The van der Waals surface area contributed by atoms with Crippen LogP contribution >= 0.6 is 0 Å². The average molecular weight is 544 g/mol. The number of carbonyl (C=O) groups excluding carboxylic acids is 2. The van der Waals surface area contributed by atoms with Gasteiger partial charge in [0, 0.05) is 24.0 Å². The minimum absolute atomic E-state index is 0.0612. The highest BCUT2D eigenvalue weighted by Gasteiger charge is 2.52. The first-order chi connectivity index (χ1) is 19.4. The maximum absolute atomic E-state index is 14.3. The maximum Gasteiger partial charge on any atom is 0.328 e. The zero-order valence-corrected chi connectivity index (χ0v) is 23.6. The van der Waals surface area contributed by atoms with Crippen LogP contribution in [-0.4, -0.2) is 49.6 Å². The van der Waals surface area contributed by atoms with E-state index in [1.807, 2.05) is 79.7 Å². The van der Waals surface area contributed by atoms with Gasteiger partial charge in [0.2, 0.25) is 0 Å². The minimum Gasteiger partial charge on any atom is -0.496 e. The number of hydrogen-bond donors (Lipinski definition) is 0. The van der Waals surface area contributed by atoms with Crippen molar-refractivity contribution in [3.05, 3.63) is 89.5 Å². The van der Waals surface area contributed by atoms with Crippen molar-refractivity contribution >= 4 is 11.9 Å². The molecule has 40 heavy (non-hydrogen) atoms. The molecule has 0 saturated carbocycles. The Labute approximate surface area is 236 Å². The number of hydrogen-bond acceptors (Lipinski definition) is 6. The van der Waals surface area contributed by atoms with Crippen LogP contribution in [0.5, 0.6) is 5.75 Å². The summed E-state index contributed by atoms with van der Waals surface area (Å²) in [6.45, 7) is 4.41. The fourth-order valence-electron chi connectivity index (χ4n) is 6.28. The summed E-state index contributed by atoms with van der Waals surface area (Å²) >= 11 is 0. The van der Waals surface area contributed by atoms with Crippen molar-refractivity contribution < 1.29 is 28.5 Å². The molecule has 3 atom stereocenters. The number of rotatable bonds is 9. The Bertz CT molecular complexity index is 1350. The molecule has 2 heterocycles. The smallest absolute Gasteiger partial charge is 0.328 e. The molecule has 2 saturated heterocycles. The number of esters is 1. The third kappa shape index (κ3) is 5.23. The van der Waals surface area contributed by atoms with Crippen LogP contribution < -0.4 is 4.74 Å².